The van der Waals surface area contributed by atoms with Crippen LogP contribution in [0.15, 0.2) is 12.3 Å². The van der Waals surface area contributed by atoms with Gasteiger partial charge in [-0.3, -0.25) is 9.58 Å². The highest BCUT2D eigenvalue weighted by Gasteiger charge is 2.22. The molecule has 2 N–H and O–H groups in total. The van der Waals surface area contributed by atoms with Gasteiger partial charge in [0.05, 0.1) is 5.69 Å². The van der Waals surface area contributed by atoms with Gasteiger partial charge in [0.1, 0.15) is 0 Å². The Hall–Kier alpha value is -1.56. The van der Waals surface area contributed by atoms with Crippen LogP contribution in [0.5, 0.6) is 0 Å². The van der Waals surface area contributed by atoms with Crippen LogP contribution in [-0.2, 0) is 13.6 Å². The molecule has 2 fully saturated rings. The van der Waals surface area contributed by atoms with E-state index in [1.165, 1.54) is 19.3 Å². The molecule has 0 radical (unpaired) electrons. The van der Waals surface area contributed by atoms with Crippen LogP contribution in [0.3, 0.4) is 0 Å². The first-order valence-electron chi connectivity index (χ1n) is 8.97. The first kappa shape index (κ1) is 16.3. The van der Waals surface area contributed by atoms with Gasteiger partial charge in [0.15, 0.2) is 0 Å². The summed E-state index contributed by atoms with van der Waals surface area (Å²) in [4.78, 5) is 14.5. The Labute approximate surface area is 138 Å². The Morgan fingerprint density at radius 3 is 2.39 bits per heavy atom. The highest BCUT2D eigenvalue weighted by atomic mass is 16.2. The summed E-state index contributed by atoms with van der Waals surface area (Å²) in [5, 5.41) is 10.7. The molecule has 1 saturated heterocycles. The van der Waals surface area contributed by atoms with Gasteiger partial charge in [-0.1, -0.05) is 19.3 Å². The summed E-state index contributed by atoms with van der Waals surface area (Å²) in [6, 6.07) is 2.79. The Kier molecular flexibility index (Phi) is 5.54. The van der Waals surface area contributed by atoms with Crippen molar-refractivity contribution in [2.24, 2.45) is 7.05 Å². The minimum atomic E-state index is 0.0278. The van der Waals surface area contributed by atoms with E-state index in [9.17, 15) is 4.79 Å². The second-order valence-corrected chi connectivity index (χ2v) is 6.98. The zero-order valence-corrected chi connectivity index (χ0v) is 14.1. The van der Waals surface area contributed by atoms with Gasteiger partial charge in [-0.2, -0.15) is 5.10 Å². The number of nitrogens with zero attached hydrogens (tertiary/aromatic N) is 3. The normalized spacial score (nSPS) is 21.3. The molecular weight excluding hydrogens is 290 g/mol. The molecular formula is C17H29N5O. The third-order valence-corrected chi connectivity index (χ3v) is 5.02. The lowest BCUT2D eigenvalue weighted by atomic mass is 9.96. The number of hydrogen-bond donors (Lipinski definition) is 2. The molecule has 128 valence electrons. The SMILES string of the molecule is Cn1ccc(CN2CCC(NC(=O)NC3CCCCC3)CC2)n1. The summed E-state index contributed by atoms with van der Waals surface area (Å²) in [5.41, 5.74) is 1.12. The maximum Gasteiger partial charge on any atom is 0.315 e. The summed E-state index contributed by atoms with van der Waals surface area (Å²) >= 11 is 0. The van der Waals surface area contributed by atoms with Gasteiger partial charge in [-0.05, 0) is 31.7 Å². The molecule has 1 saturated carbocycles. The molecule has 0 atom stereocenters. The summed E-state index contributed by atoms with van der Waals surface area (Å²) in [7, 11) is 1.95. The molecule has 0 bridgehead atoms. The van der Waals surface area contributed by atoms with Crippen LogP contribution in [0.25, 0.3) is 0 Å². The summed E-state index contributed by atoms with van der Waals surface area (Å²) in [6.45, 7) is 2.94. The van der Waals surface area contributed by atoms with Gasteiger partial charge in [0.25, 0.3) is 0 Å². The number of aryl methyl sites for hydroxylation is 1. The minimum absolute atomic E-state index is 0.0278. The van der Waals surface area contributed by atoms with Gasteiger partial charge in [-0.15, -0.1) is 0 Å². The van der Waals surface area contributed by atoms with Crippen LogP contribution in [0.4, 0.5) is 4.79 Å². The third-order valence-electron chi connectivity index (χ3n) is 5.02. The van der Waals surface area contributed by atoms with E-state index in [0.717, 1.165) is 51.0 Å². The van der Waals surface area contributed by atoms with E-state index in [2.05, 4.69) is 26.7 Å². The van der Waals surface area contributed by atoms with Crippen molar-refractivity contribution in [2.45, 2.75) is 63.6 Å². The van der Waals surface area contributed by atoms with E-state index in [1.54, 1.807) is 0 Å². The van der Waals surface area contributed by atoms with Crippen molar-refractivity contribution >= 4 is 6.03 Å². The molecule has 1 aliphatic carbocycles. The number of carbonyl (C=O) groups is 1. The summed E-state index contributed by atoms with van der Waals surface area (Å²) < 4.78 is 1.85. The first-order chi connectivity index (χ1) is 11.2. The molecule has 0 aromatic carbocycles. The number of nitrogens with one attached hydrogen (secondary N) is 2. The Bertz CT molecular complexity index is 501. The molecule has 0 spiro atoms. The van der Waals surface area contributed by atoms with Crippen molar-refractivity contribution in [3.05, 3.63) is 18.0 Å². The largest absolute Gasteiger partial charge is 0.335 e. The van der Waals surface area contributed by atoms with Crippen molar-refractivity contribution in [1.29, 1.82) is 0 Å². The van der Waals surface area contributed by atoms with Crippen molar-refractivity contribution in [3.8, 4) is 0 Å². The molecule has 6 heteroatoms. The fourth-order valence-electron chi connectivity index (χ4n) is 3.67. The highest BCUT2D eigenvalue weighted by molar-refractivity contribution is 5.74. The molecule has 2 heterocycles. The highest BCUT2D eigenvalue weighted by Crippen LogP contribution is 2.17. The van der Waals surface area contributed by atoms with E-state index in [4.69, 9.17) is 0 Å². The Morgan fingerprint density at radius 1 is 1.13 bits per heavy atom. The average Bonchev–Trinajstić information content (AvgIpc) is 2.95. The monoisotopic (exact) mass is 319 g/mol. The summed E-state index contributed by atoms with van der Waals surface area (Å²) in [6.07, 6.45) is 10.1. The number of aromatic nitrogens is 2. The van der Waals surface area contributed by atoms with E-state index < -0.39 is 0 Å². The Morgan fingerprint density at radius 2 is 1.78 bits per heavy atom. The fraction of sp³-hybridized carbons (Fsp3) is 0.765. The number of carbonyl (C=O) groups excluding carboxylic acids is 1. The van der Waals surface area contributed by atoms with Crippen molar-refractivity contribution in [1.82, 2.24) is 25.3 Å². The maximum atomic E-state index is 12.1. The Balaban J connectivity index is 1.36. The molecule has 6 nitrogen and oxygen atoms in total. The van der Waals surface area contributed by atoms with Crippen LogP contribution < -0.4 is 10.6 Å². The second-order valence-electron chi connectivity index (χ2n) is 6.98. The maximum absolute atomic E-state index is 12.1. The van der Waals surface area contributed by atoms with Gasteiger partial charge >= 0.3 is 6.03 Å². The van der Waals surface area contributed by atoms with E-state index >= 15 is 0 Å². The van der Waals surface area contributed by atoms with Gasteiger partial charge in [-0.25, -0.2) is 4.79 Å². The van der Waals surface area contributed by atoms with Gasteiger partial charge < -0.3 is 10.6 Å². The van der Waals surface area contributed by atoms with E-state index in [0.29, 0.717) is 12.1 Å². The molecule has 1 aromatic rings. The molecule has 2 aliphatic rings. The number of piperidine rings is 1. The standard InChI is InChI=1S/C17H29N5O/c1-21-10-7-16(20-21)13-22-11-8-15(9-12-22)19-17(23)18-14-5-3-2-4-6-14/h7,10,14-15H,2-6,8-9,11-13H2,1H3,(H2,18,19,23). The first-order valence-corrected chi connectivity index (χ1v) is 8.97. The predicted molar refractivity (Wildman–Crippen MR) is 90.0 cm³/mol. The van der Waals surface area contributed by atoms with Gasteiger partial charge in [0, 0.05) is 45.0 Å². The van der Waals surface area contributed by atoms with Crippen LogP contribution in [0.1, 0.15) is 50.6 Å². The van der Waals surface area contributed by atoms with Crippen LogP contribution in [-0.4, -0.2) is 45.9 Å². The predicted octanol–water partition coefficient (Wildman–Crippen LogP) is 2.02. The number of urea groups is 1. The molecule has 3 rings (SSSR count). The molecule has 0 unspecified atom stereocenters. The quantitative estimate of drug-likeness (QED) is 0.892. The molecule has 2 amide bonds. The van der Waals surface area contributed by atoms with E-state index in [1.807, 2.05) is 17.9 Å². The number of likely N-dealkylation sites (tertiary alicyclic amines) is 1. The smallest absolute Gasteiger partial charge is 0.315 e. The third kappa shape index (κ3) is 4.96. The summed E-state index contributed by atoms with van der Waals surface area (Å²) in [5.74, 6) is 0. The zero-order valence-electron chi connectivity index (χ0n) is 14.1. The lowest BCUT2D eigenvalue weighted by molar-refractivity contribution is 0.183. The van der Waals surface area contributed by atoms with Crippen LogP contribution >= 0.6 is 0 Å². The molecule has 1 aliphatic heterocycles. The molecule has 23 heavy (non-hydrogen) atoms. The zero-order chi connectivity index (χ0) is 16.1. The topological polar surface area (TPSA) is 62.2 Å². The van der Waals surface area contributed by atoms with Gasteiger partial charge in [0.2, 0.25) is 0 Å². The number of amides is 2. The van der Waals surface area contributed by atoms with Crippen LogP contribution in [0.2, 0.25) is 0 Å². The van der Waals surface area contributed by atoms with Crippen molar-refractivity contribution in [2.75, 3.05) is 13.1 Å². The minimum Gasteiger partial charge on any atom is -0.335 e. The average molecular weight is 319 g/mol. The number of hydrogen-bond acceptors (Lipinski definition) is 3. The number of rotatable bonds is 4. The van der Waals surface area contributed by atoms with E-state index in [-0.39, 0.29) is 6.03 Å². The van der Waals surface area contributed by atoms with Crippen molar-refractivity contribution < 1.29 is 4.79 Å². The fourth-order valence-corrected chi connectivity index (χ4v) is 3.67. The lowest BCUT2D eigenvalue weighted by Gasteiger charge is -2.32. The second kappa shape index (κ2) is 7.81. The lowest BCUT2D eigenvalue weighted by Crippen LogP contribution is -2.50. The van der Waals surface area contributed by atoms with Crippen molar-refractivity contribution in [3.63, 3.8) is 0 Å². The molecule has 1 aromatic heterocycles. The van der Waals surface area contributed by atoms with Crippen LogP contribution in [0, 0.1) is 0 Å².